The summed E-state index contributed by atoms with van der Waals surface area (Å²) in [6, 6.07) is 6.72. The van der Waals surface area contributed by atoms with E-state index in [9.17, 15) is 9.59 Å². The van der Waals surface area contributed by atoms with Crippen molar-refractivity contribution in [1.82, 2.24) is 9.55 Å². The van der Waals surface area contributed by atoms with Crippen molar-refractivity contribution in [2.24, 2.45) is 0 Å². The molecule has 2 aromatic rings. The SMILES string of the molecule is C=C(C(=O)O/C(C)=C\C)c1cn(-c2ccc(C(=O)OC)cc2)c(=S)[nH]1. The van der Waals surface area contributed by atoms with Crippen LogP contribution in [0.4, 0.5) is 0 Å². The molecule has 0 aliphatic carbocycles. The van der Waals surface area contributed by atoms with E-state index in [0.717, 1.165) is 5.69 Å². The number of ether oxygens (including phenoxy) is 2. The van der Waals surface area contributed by atoms with E-state index < -0.39 is 11.9 Å². The van der Waals surface area contributed by atoms with Crippen LogP contribution in [0.1, 0.15) is 29.9 Å². The van der Waals surface area contributed by atoms with Gasteiger partial charge in [0.25, 0.3) is 0 Å². The summed E-state index contributed by atoms with van der Waals surface area (Å²) in [5, 5.41) is 0. The second-order valence-corrected chi connectivity index (χ2v) is 5.54. The Kier molecular flexibility index (Phi) is 5.71. The minimum Gasteiger partial charge on any atom is -0.465 e. The molecule has 0 amide bonds. The lowest BCUT2D eigenvalue weighted by molar-refractivity contribution is -0.132. The summed E-state index contributed by atoms with van der Waals surface area (Å²) in [4.78, 5) is 26.5. The van der Waals surface area contributed by atoms with Gasteiger partial charge in [-0.1, -0.05) is 6.58 Å². The predicted octanol–water partition coefficient (Wildman–Crippen LogP) is 3.80. The Hall–Kier alpha value is -2.93. The van der Waals surface area contributed by atoms with Crippen LogP contribution in [0.25, 0.3) is 11.3 Å². The van der Waals surface area contributed by atoms with E-state index in [1.165, 1.54) is 7.11 Å². The van der Waals surface area contributed by atoms with E-state index in [-0.39, 0.29) is 5.57 Å². The Morgan fingerprint density at radius 3 is 2.48 bits per heavy atom. The van der Waals surface area contributed by atoms with Gasteiger partial charge in [0.05, 0.1) is 23.9 Å². The van der Waals surface area contributed by atoms with Crippen LogP contribution in [-0.2, 0) is 14.3 Å². The lowest BCUT2D eigenvalue weighted by Gasteiger charge is -2.05. The molecule has 0 aliphatic rings. The molecule has 0 unspecified atom stereocenters. The molecule has 130 valence electrons. The quantitative estimate of drug-likeness (QED) is 0.381. The minimum absolute atomic E-state index is 0.164. The third-order valence-electron chi connectivity index (χ3n) is 3.52. The number of rotatable bonds is 5. The molecule has 6 nitrogen and oxygen atoms in total. The van der Waals surface area contributed by atoms with E-state index >= 15 is 0 Å². The summed E-state index contributed by atoms with van der Waals surface area (Å²) in [5.41, 5.74) is 1.78. The molecule has 0 spiro atoms. The number of allylic oxidation sites excluding steroid dienone is 2. The molecule has 25 heavy (non-hydrogen) atoms. The minimum atomic E-state index is -0.556. The van der Waals surface area contributed by atoms with Gasteiger partial charge in [0.15, 0.2) is 4.77 Å². The number of hydrogen-bond acceptors (Lipinski definition) is 5. The Bertz CT molecular complexity index is 904. The molecule has 0 bridgehead atoms. The Labute approximate surface area is 150 Å². The van der Waals surface area contributed by atoms with Gasteiger partial charge in [0.2, 0.25) is 0 Å². The van der Waals surface area contributed by atoms with Gasteiger partial charge in [-0.2, -0.15) is 0 Å². The fourth-order valence-corrected chi connectivity index (χ4v) is 2.26. The molecule has 0 aliphatic heterocycles. The highest BCUT2D eigenvalue weighted by molar-refractivity contribution is 7.71. The first-order valence-electron chi connectivity index (χ1n) is 7.42. The van der Waals surface area contributed by atoms with Crippen molar-refractivity contribution >= 4 is 29.7 Å². The summed E-state index contributed by atoms with van der Waals surface area (Å²) in [7, 11) is 1.32. The Morgan fingerprint density at radius 2 is 1.92 bits per heavy atom. The van der Waals surface area contributed by atoms with Crippen molar-refractivity contribution < 1.29 is 19.1 Å². The van der Waals surface area contributed by atoms with Crippen LogP contribution < -0.4 is 0 Å². The standard InChI is InChI=1S/C18H18N2O4S/c1-5-11(2)24-16(21)12(3)15-10-20(18(25)19-15)14-8-6-13(7-9-14)17(22)23-4/h5-10H,3H2,1-2,4H3,(H,19,25)/b11-5-. The van der Waals surface area contributed by atoms with Crippen molar-refractivity contribution in [2.75, 3.05) is 7.11 Å². The van der Waals surface area contributed by atoms with E-state index in [1.54, 1.807) is 55.0 Å². The average Bonchev–Trinajstić information content (AvgIpc) is 3.01. The first-order valence-corrected chi connectivity index (χ1v) is 7.83. The number of aromatic nitrogens is 2. The van der Waals surface area contributed by atoms with Crippen LogP contribution in [0, 0.1) is 4.77 Å². The van der Waals surface area contributed by atoms with Crippen LogP contribution in [0.2, 0.25) is 0 Å². The number of carbonyl (C=O) groups is 2. The molecule has 2 rings (SSSR count). The first kappa shape index (κ1) is 18.4. The van der Waals surface area contributed by atoms with Crippen LogP contribution >= 0.6 is 12.2 Å². The zero-order chi connectivity index (χ0) is 18.6. The number of H-pyrrole nitrogens is 1. The topological polar surface area (TPSA) is 73.3 Å². The highest BCUT2D eigenvalue weighted by Gasteiger charge is 2.15. The van der Waals surface area contributed by atoms with Crippen LogP contribution in [0.15, 0.2) is 48.9 Å². The maximum Gasteiger partial charge on any atom is 0.344 e. The normalized spacial score (nSPS) is 11.1. The Morgan fingerprint density at radius 1 is 1.28 bits per heavy atom. The van der Waals surface area contributed by atoms with Gasteiger partial charge in [-0.15, -0.1) is 0 Å². The van der Waals surface area contributed by atoms with E-state index in [1.807, 2.05) is 0 Å². The molecule has 1 N–H and O–H groups in total. The zero-order valence-corrected chi connectivity index (χ0v) is 15.0. The van der Waals surface area contributed by atoms with Crippen LogP contribution in [-0.4, -0.2) is 28.6 Å². The molecule has 1 aromatic carbocycles. The summed E-state index contributed by atoms with van der Waals surface area (Å²) in [6.45, 7) is 7.21. The summed E-state index contributed by atoms with van der Waals surface area (Å²) >= 11 is 5.29. The summed E-state index contributed by atoms with van der Waals surface area (Å²) in [5.74, 6) is -0.483. The van der Waals surface area contributed by atoms with Crippen molar-refractivity contribution in [2.45, 2.75) is 13.8 Å². The zero-order valence-electron chi connectivity index (χ0n) is 14.2. The molecular weight excluding hydrogens is 340 g/mol. The number of benzene rings is 1. The number of nitrogens with one attached hydrogen (secondary N) is 1. The number of hydrogen-bond donors (Lipinski definition) is 1. The van der Waals surface area contributed by atoms with Gasteiger partial charge in [0, 0.05) is 11.9 Å². The molecule has 1 heterocycles. The summed E-state index contributed by atoms with van der Waals surface area (Å²) < 4.78 is 11.9. The van der Waals surface area contributed by atoms with Crippen LogP contribution in [0.3, 0.4) is 0 Å². The number of carbonyl (C=O) groups excluding carboxylic acids is 2. The highest BCUT2D eigenvalue weighted by Crippen LogP contribution is 2.18. The third-order valence-corrected chi connectivity index (χ3v) is 3.82. The maximum absolute atomic E-state index is 12.0. The Balaban J connectivity index is 2.28. The monoisotopic (exact) mass is 358 g/mol. The fraction of sp³-hybridized carbons (Fsp3) is 0.167. The molecule has 0 saturated heterocycles. The van der Waals surface area contributed by atoms with Crippen molar-refractivity contribution in [3.63, 3.8) is 0 Å². The number of nitrogens with zero attached hydrogens (tertiary/aromatic N) is 1. The number of methoxy groups -OCH3 is 1. The number of esters is 2. The fourth-order valence-electron chi connectivity index (χ4n) is 1.99. The van der Waals surface area contributed by atoms with Gasteiger partial charge in [0.1, 0.15) is 5.76 Å². The molecule has 1 aromatic heterocycles. The average molecular weight is 358 g/mol. The lowest BCUT2D eigenvalue weighted by Crippen LogP contribution is -2.05. The predicted molar refractivity (Wildman–Crippen MR) is 96.9 cm³/mol. The van der Waals surface area contributed by atoms with Crippen molar-refractivity contribution in [1.29, 1.82) is 0 Å². The smallest absolute Gasteiger partial charge is 0.344 e. The van der Waals surface area contributed by atoms with Gasteiger partial charge in [-0.3, -0.25) is 4.57 Å². The number of imidazole rings is 1. The van der Waals surface area contributed by atoms with E-state index in [2.05, 4.69) is 16.3 Å². The second kappa shape index (κ2) is 7.76. The molecule has 0 radical (unpaired) electrons. The van der Waals surface area contributed by atoms with Crippen molar-refractivity contribution in [3.8, 4) is 5.69 Å². The van der Waals surface area contributed by atoms with Crippen LogP contribution in [0.5, 0.6) is 0 Å². The van der Waals surface area contributed by atoms with Gasteiger partial charge < -0.3 is 14.5 Å². The molecule has 0 fully saturated rings. The van der Waals surface area contributed by atoms with Gasteiger partial charge in [-0.05, 0) is 56.4 Å². The summed E-state index contributed by atoms with van der Waals surface area (Å²) in [6.07, 6.45) is 3.34. The van der Waals surface area contributed by atoms with Crippen molar-refractivity contribution in [3.05, 3.63) is 64.9 Å². The molecule has 0 saturated carbocycles. The van der Waals surface area contributed by atoms with Gasteiger partial charge in [-0.25, -0.2) is 9.59 Å². The lowest BCUT2D eigenvalue weighted by atomic mass is 10.2. The number of aromatic amines is 1. The third kappa shape index (κ3) is 4.13. The largest absolute Gasteiger partial charge is 0.465 e. The first-order chi connectivity index (χ1) is 11.9. The molecular formula is C18H18N2O4S. The second-order valence-electron chi connectivity index (χ2n) is 5.15. The molecule has 7 heteroatoms. The van der Waals surface area contributed by atoms with E-state index in [0.29, 0.717) is 21.8 Å². The molecule has 0 atom stereocenters. The van der Waals surface area contributed by atoms with E-state index in [4.69, 9.17) is 17.0 Å². The van der Waals surface area contributed by atoms with Gasteiger partial charge >= 0.3 is 11.9 Å². The maximum atomic E-state index is 12.0. The highest BCUT2D eigenvalue weighted by atomic mass is 32.1.